The molecule has 1 amide bonds. The fourth-order valence-corrected chi connectivity index (χ4v) is 2.59. The molecule has 1 heterocycles. The average Bonchev–Trinajstić information content (AvgIpc) is 2.99. The van der Waals surface area contributed by atoms with E-state index in [0.717, 1.165) is 12.0 Å². The minimum Gasteiger partial charge on any atom is -0.457 e. The number of para-hydroxylation sites is 1. The molecule has 0 atom stereocenters. The van der Waals surface area contributed by atoms with Gasteiger partial charge in [-0.05, 0) is 24.1 Å². The van der Waals surface area contributed by atoms with E-state index in [1.54, 1.807) is 23.1 Å². The molecule has 0 bridgehead atoms. The molecule has 0 saturated carbocycles. The summed E-state index contributed by atoms with van der Waals surface area (Å²) in [4.78, 5) is 25.9. The maximum Gasteiger partial charge on any atom is 0.340 e. The van der Waals surface area contributed by atoms with Gasteiger partial charge in [0.15, 0.2) is 0 Å². The van der Waals surface area contributed by atoms with Crippen LogP contribution in [0.5, 0.6) is 0 Å². The molecule has 1 aliphatic heterocycles. The molecule has 1 saturated heterocycles. The van der Waals surface area contributed by atoms with Crippen LogP contribution in [0.25, 0.3) is 0 Å². The maximum absolute atomic E-state index is 12.3. The van der Waals surface area contributed by atoms with Crippen molar-refractivity contribution in [3.8, 4) is 0 Å². The van der Waals surface area contributed by atoms with Gasteiger partial charge < -0.3 is 9.64 Å². The van der Waals surface area contributed by atoms with Crippen molar-refractivity contribution in [2.24, 2.45) is 0 Å². The Morgan fingerprint density at radius 2 is 1.77 bits per heavy atom. The number of amides is 1. The van der Waals surface area contributed by atoms with Gasteiger partial charge in [-0.25, -0.2) is 4.79 Å². The summed E-state index contributed by atoms with van der Waals surface area (Å²) >= 11 is 0. The fourth-order valence-electron chi connectivity index (χ4n) is 2.59. The monoisotopic (exact) mass is 295 g/mol. The van der Waals surface area contributed by atoms with Crippen molar-refractivity contribution in [1.29, 1.82) is 0 Å². The molecule has 0 spiro atoms. The molecule has 0 radical (unpaired) electrons. The van der Waals surface area contributed by atoms with Gasteiger partial charge in [0.1, 0.15) is 6.61 Å². The Morgan fingerprint density at radius 1 is 1.05 bits per heavy atom. The number of ether oxygens (including phenoxy) is 1. The number of hydrogen-bond acceptors (Lipinski definition) is 3. The minimum absolute atomic E-state index is 0.0586. The lowest BCUT2D eigenvalue weighted by molar-refractivity contribution is -0.117. The summed E-state index contributed by atoms with van der Waals surface area (Å²) in [6, 6.07) is 16.6. The van der Waals surface area contributed by atoms with E-state index in [1.165, 1.54) is 0 Å². The standard InChI is InChI=1S/C18H17NO3/c20-17-11-6-12-19(17)16-10-5-4-9-15(16)18(21)22-13-14-7-2-1-3-8-14/h1-5,7-10H,6,11-13H2. The van der Waals surface area contributed by atoms with Crippen LogP contribution in [-0.4, -0.2) is 18.4 Å². The third kappa shape index (κ3) is 3.01. The first-order valence-electron chi connectivity index (χ1n) is 7.36. The van der Waals surface area contributed by atoms with Crippen LogP contribution in [0.2, 0.25) is 0 Å². The van der Waals surface area contributed by atoms with Gasteiger partial charge in [0.25, 0.3) is 0 Å². The van der Waals surface area contributed by atoms with Crippen LogP contribution in [0.3, 0.4) is 0 Å². The van der Waals surface area contributed by atoms with Gasteiger partial charge in [0.2, 0.25) is 5.91 Å². The predicted molar refractivity (Wildman–Crippen MR) is 83.6 cm³/mol. The Morgan fingerprint density at radius 3 is 2.50 bits per heavy atom. The number of carbonyl (C=O) groups excluding carboxylic acids is 2. The number of esters is 1. The first-order valence-corrected chi connectivity index (χ1v) is 7.36. The van der Waals surface area contributed by atoms with E-state index in [-0.39, 0.29) is 12.5 Å². The zero-order valence-corrected chi connectivity index (χ0v) is 12.2. The Kier molecular flexibility index (Phi) is 4.19. The lowest BCUT2D eigenvalue weighted by atomic mass is 10.1. The fraction of sp³-hybridized carbons (Fsp3) is 0.222. The van der Waals surface area contributed by atoms with E-state index in [0.29, 0.717) is 24.2 Å². The second kappa shape index (κ2) is 6.43. The Labute approximate surface area is 129 Å². The van der Waals surface area contributed by atoms with Crippen LogP contribution in [0.4, 0.5) is 5.69 Å². The van der Waals surface area contributed by atoms with Crippen molar-refractivity contribution in [2.75, 3.05) is 11.4 Å². The number of rotatable bonds is 4. The van der Waals surface area contributed by atoms with E-state index in [9.17, 15) is 9.59 Å². The SMILES string of the molecule is O=C(OCc1ccccc1)c1ccccc1N1CCCC1=O. The first-order chi connectivity index (χ1) is 10.8. The molecular formula is C18H17NO3. The zero-order chi connectivity index (χ0) is 15.4. The normalized spacial score (nSPS) is 14.2. The van der Waals surface area contributed by atoms with Gasteiger partial charge in [-0.3, -0.25) is 4.79 Å². The summed E-state index contributed by atoms with van der Waals surface area (Å²) in [6.07, 6.45) is 1.36. The first kappa shape index (κ1) is 14.3. The summed E-state index contributed by atoms with van der Waals surface area (Å²) in [5.41, 5.74) is 2.02. The van der Waals surface area contributed by atoms with Crippen molar-refractivity contribution in [2.45, 2.75) is 19.4 Å². The maximum atomic E-state index is 12.3. The van der Waals surface area contributed by atoms with Crippen LogP contribution in [0, 0.1) is 0 Å². The number of nitrogens with zero attached hydrogens (tertiary/aromatic N) is 1. The van der Waals surface area contributed by atoms with Crippen LogP contribution in [-0.2, 0) is 16.1 Å². The van der Waals surface area contributed by atoms with Crippen LogP contribution in [0.1, 0.15) is 28.8 Å². The van der Waals surface area contributed by atoms with Crippen molar-refractivity contribution in [3.05, 3.63) is 65.7 Å². The van der Waals surface area contributed by atoms with Gasteiger partial charge >= 0.3 is 5.97 Å². The van der Waals surface area contributed by atoms with Crippen molar-refractivity contribution in [3.63, 3.8) is 0 Å². The second-order valence-electron chi connectivity index (χ2n) is 5.23. The van der Waals surface area contributed by atoms with E-state index in [2.05, 4.69) is 0 Å². The average molecular weight is 295 g/mol. The Bertz CT molecular complexity index is 682. The lowest BCUT2D eigenvalue weighted by Gasteiger charge is -2.18. The summed E-state index contributed by atoms with van der Waals surface area (Å²) in [5.74, 6) is -0.345. The molecule has 0 aromatic heterocycles. The zero-order valence-electron chi connectivity index (χ0n) is 12.2. The highest BCUT2D eigenvalue weighted by Gasteiger charge is 2.26. The van der Waals surface area contributed by atoms with Crippen molar-refractivity contribution >= 4 is 17.6 Å². The largest absolute Gasteiger partial charge is 0.457 e. The van der Waals surface area contributed by atoms with Crippen LogP contribution < -0.4 is 4.90 Å². The summed E-state index contributed by atoms with van der Waals surface area (Å²) in [7, 11) is 0. The summed E-state index contributed by atoms with van der Waals surface area (Å²) < 4.78 is 5.37. The molecule has 22 heavy (non-hydrogen) atoms. The molecule has 1 aliphatic rings. The molecule has 1 fully saturated rings. The highest BCUT2D eigenvalue weighted by Crippen LogP contribution is 2.26. The Hall–Kier alpha value is -2.62. The van der Waals surface area contributed by atoms with Gasteiger partial charge in [0.05, 0.1) is 11.3 Å². The van der Waals surface area contributed by atoms with Crippen LogP contribution in [0.15, 0.2) is 54.6 Å². The quantitative estimate of drug-likeness (QED) is 0.814. The molecule has 112 valence electrons. The smallest absolute Gasteiger partial charge is 0.340 e. The Balaban J connectivity index is 1.76. The minimum atomic E-state index is -0.404. The van der Waals surface area contributed by atoms with E-state index in [1.807, 2.05) is 36.4 Å². The number of hydrogen-bond donors (Lipinski definition) is 0. The third-order valence-electron chi connectivity index (χ3n) is 3.70. The lowest BCUT2D eigenvalue weighted by Crippen LogP contribution is -2.26. The molecule has 0 unspecified atom stereocenters. The molecule has 2 aromatic carbocycles. The molecule has 2 aromatic rings. The van der Waals surface area contributed by atoms with Gasteiger partial charge in [-0.1, -0.05) is 42.5 Å². The van der Waals surface area contributed by atoms with E-state index in [4.69, 9.17) is 4.74 Å². The number of benzene rings is 2. The van der Waals surface area contributed by atoms with Gasteiger partial charge in [0, 0.05) is 13.0 Å². The molecule has 4 nitrogen and oxygen atoms in total. The molecule has 0 N–H and O–H groups in total. The second-order valence-corrected chi connectivity index (χ2v) is 5.23. The molecule has 3 rings (SSSR count). The molecule has 0 aliphatic carbocycles. The van der Waals surface area contributed by atoms with Gasteiger partial charge in [-0.2, -0.15) is 0 Å². The summed E-state index contributed by atoms with van der Waals surface area (Å²) in [5, 5.41) is 0. The van der Waals surface area contributed by atoms with E-state index >= 15 is 0 Å². The van der Waals surface area contributed by atoms with Gasteiger partial charge in [-0.15, -0.1) is 0 Å². The van der Waals surface area contributed by atoms with Crippen LogP contribution >= 0.6 is 0 Å². The topological polar surface area (TPSA) is 46.6 Å². The summed E-state index contributed by atoms with van der Waals surface area (Å²) in [6.45, 7) is 0.879. The number of carbonyl (C=O) groups is 2. The van der Waals surface area contributed by atoms with E-state index < -0.39 is 5.97 Å². The highest BCUT2D eigenvalue weighted by atomic mass is 16.5. The number of anilines is 1. The molecule has 4 heteroatoms. The van der Waals surface area contributed by atoms with Crippen molar-refractivity contribution in [1.82, 2.24) is 0 Å². The highest BCUT2D eigenvalue weighted by molar-refractivity contribution is 6.03. The predicted octanol–water partition coefficient (Wildman–Crippen LogP) is 3.17. The van der Waals surface area contributed by atoms with Crippen molar-refractivity contribution < 1.29 is 14.3 Å². The molecular weight excluding hydrogens is 278 g/mol. The third-order valence-corrected chi connectivity index (χ3v) is 3.70.